The molecule has 2 N–H and O–H groups in total. The van der Waals surface area contributed by atoms with E-state index in [4.69, 9.17) is 4.74 Å². The van der Waals surface area contributed by atoms with E-state index in [0.29, 0.717) is 25.3 Å². The summed E-state index contributed by atoms with van der Waals surface area (Å²) in [5.74, 6) is 0. The first-order valence-electron chi connectivity index (χ1n) is 8.37. The molecule has 0 radical (unpaired) electrons. The van der Waals surface area contributed by atoms with E-state index < -0.39 is 0 Å². The van der Waals surface area contributed by atoms with Gasteiger partial charge in [0.15, 0.2) is 0 Å². The van der Waals surface area contributed by atoms with Crippen LogP contribution in [0.2, 0.25) is 0 Å². The van der Waals surface area contributed by atoms with E-state index in [9.17, 15) is 5.11 Å². The average molecular weight is 269 g/mol. The number of hydrogen-bond donors (Lipinski definition) is 2. The molecule has 2 fully saturated rings. The zero-order valence-electron chi connectivity index (χ0n) is 12.3. The van der Waals surface area contributed by atoms with Gasteiger partial charge in [-0.05, 0) is 25.7 Å². The number of rotatable bonds is 6. The minimum absolute atomic E-state index is 0.342. The fourth-order valence-electron chi connectivity index (χ4n) is 3.32. The molecule has 0 aliphatic heterocycles. The van der Waals surface area contributed by atoms with Crippen LogP contribution in [-0.2, 0) is 4.74 Å². The summed E-state index contributed by atoms with van der Waals surface area (Å²) in [4.78, 5) is 0. The summed E-state index contributed by atoms with van der Waals surface area (Å²) in [6.07, 6.45) is 14.3. The standard InChI is InChI=1S/C16H31NO2/c18-15(12-17-14-8-4-3-5-9-14)13-19-16-10-6-1-2-7-11-16/h14-18H,1-13H2. The second kappa shape index (κ2) is 8.93. The highest BCUT2D eigenvalue weighted by Crippen LogP contribution is 2.20. The van der Waals surface area contributed by atoms with Gasteiger partial charge in [0.1, 0.15) is 0 Å². The smallest absolute Gasteiger partial charge is 0.0897 e. The van der Waals surface area contributed by atoms with Crippen molar-refractivity contribution < 1.29 is 9.84 Å². The largest absolute Gasteiger partial charge is 0.389 e. The molecule has 0 saturated heterocycles. The summed E-state index contributed by atoms with van der Waals surface area (Å²) in [6, 6.07) is 0.626. The van der Waals surface area contributed by atoms with Gasteiger partial charge in [-0.3, -0.25) is 0 Å². The summed E-state index contributed by atoms with van der Waals surface area (Å²) < 4.78 is 5.87. The summed E-state index contributed by atoms with van der Waals surface area (Å²) in [5.41, 5.74) is 0. The van der Waals surface area contributed by atoms with Crippen LogP contribution >= 0.6 is 0 Å². The maximum Gasteiger partial charge on any atom is 0.0897 e. The molecule has 1 unspecified atom stereocenters. The van der Waals surface area contributed by atoms with Crippen molar-refractivity contribution in [1.82, 2.24) is 5.32 Å². The van der Waals surface area contributed by atoms with Crippen LogP contribution in [0.25, 0.3) is 0 Å². The van der Waals surface area contributed by atoms with Gasteiger partial charge in [-0.25, -0.2) is 0 Å². The first-order valence-corrected chi connectivity index (χ1v) is 8.37. The Morgan fingerprint density at radius 2 is 1.47 bits per heavy atom. The van der Waals surface area contributed by atoms with Crippen LogP contribution in [-0.4, -0.2) is 36.5 Å². The Morgan fingerprint density at radius 1 is 0.895 bits per heavy atom. The molecular formula is C16H31NO2. The molecule has 0 spiro atoms. The molecule has 3 heteroatoms. The molecule has 2 saturated carbocycles. The number of nitrogens with one attached hydrogen (secondary N) is 1. The number of aliphatic hydroxyl groups excluding tert-OH is 1. The number of ether oxygens (including phenoxy) is 1. The summed E-state index contributed by atoms with van der Waals surface area (Å²) in [6.45, 7) is 1.20. The molecule has 112 valence electrons. The molecule has 2 aliphatic carbocycles. The lowest BCUT2D eigenvalue weighted by atomic mass is 9.95. The van der Waals surface area contributed by atoms with E-state index in [-0.39, 0.29) is 6.10 Å². The van der Waals surface area contributed by atoms with Crippen LogP contribution in [0, 0.1) is 0 Å². The molecular weight excluding hydrogens is 238 g/mol. The number of aliphatic hydroxyl groups is 1. The Bertz CT molecular complexity index is 221. The highest BCUT2D eigenvalue weighted by atomic mass is 16.5. The van der Waals surface area contributed by atoms with Crippen molar-refractivity contribution in [3.05, 3.63) is 0 Å². The van der Waals surface area contributed by atoms with E-state index in [1.54, 1.807) is 0 Å². The first-order chi connectivity index (χ1) is 9.34. The molecule has 0 aromatic heterocycles. The molecule has 1 atom stereocenters. The van der Waals surface area contributed by atoms with Gasteiger partial charge in [-0.2, -0.15) is 0 Å². The third-order valence-corrected chi connectivity index (χ3v) is 4.57. The molecule has 0 amide bonds. The predicted molar refractivity (Wildman–Crippen MR) is 78.3 cm³/mol. The van der Waals surface area contributed by atoms with Gasteiger partial charge in [-0.1, -0.05) is 44.9 Å². The number of hydrogen-bond acceptors (Lipinski definition) is 3. The summed E-state index contributed by atoms with van der Waals surface area (Å²) >= 11 is 0. The quantitative estimate of drug-likeness (QED) is 0.728. The third-order valence-electron chi connectivity index (χ3n) is 4.57. The Morgan fingerprint density at radius 3 is 2.16 bits per heavy atom. The molecule has 0 aromatic rings. The average Bonchev–Trinajstić information content (AvgIpc) is 2.73. The lowest BCUT2D eigenvalue weighted by Crippen LogP contribution is -2.39. The normalized spacial score (nSPS) is 25.1. The molecule has 2 aliphatic rings. The first kappa shape index (κ1) is 15.3. The van der Waals surface area contributed by atoms with Crippen LogP contribution in [0.5, 0.6) is 0 Å². The summed E-state index contributed by atoms with van der Waals surface area (Å²) in [7, 11) is 0. The monoisotopic (exact) mass is 269 g/mol. The van der Waals surface area contributed by atoms with Crippen LogP contribution in [0.3, 0.4) is 0 Å². The van der Waals surface area contributed by atoms with Gasteiger partial charge in [0.2, 0.25) is 0 Å². The minimum Gasteiger partial charge on any atom is -0.389 e. The maximum atomic E-state index is 9.99. The fraction of sp³-hybridized carbons (Fsp3) is 1.00. The Kier molecular flexibility index (Phi) is 7.18. The molecule has 0 bridgehead atoms. The van der Waals surface area contributed by atoms with E-state index in [2.05, 4.69) is 5.32 Å². The second-order valence-corrected chi connectivity index (χ2v) is 6.34. The van der Waals surface area contributed by atoms with Crippen molar-refractivity contribution >= 4 is 0 Å². The SMILES string of the molecule is OC(CNC1CCCCC1)COC1CCCCCC1. The fourth-order valence-corrected chi connectivity index (χ4v) is 3.32. The van der Waals surface area contributed by atoms with Crippen LogP contribution in [0.15, 0.2) is 0 Å². The predicted octanol–water partition coefficient (Wildman–Crippen LogP) is 3.01. The zero-order valence-corrected chi connectivity index (χ0v) is 12.3. The highest BCUT2D eigenvalue weighted by molar-refractivity contribution is 4.74. The second-order valence-electron chi connectivity index (χ2n) is 6.34. The van der Waals surface area contributed by atoms with Crippen molar-refractivity contribution in [3.63, 3.8) is 0 Å². The molecule has 0 aromatic carbocycles. The Labute approximate surface area is 118 Å². The van der Waals surface area contributed by atoms with Crippen molar-refractivity contribution in [1.29, 1.82) is 0 Å². The van der Waals surface area contributed by atoms with Crippen molar-refractivity contribution in [3.8, 4) is 0 Å². The molecule has 19 heavy (non-hydrogen) atoms. The highest BCUT2D eigenvalue weighted by Gasteiger charge is 2.17. The van der Waals surface area contributed by atoms with E-state index in [1.165, 1.54) is 70.6 Å². The Balaban J connectivity index is 1.54. The van der Waals surface area contributed by atoms with E-state index >= 15 is 0 Å². The van der Waals surface area contributed by atoms with Gasteiger partial charge in [0.25, 0.3) is 0 Å². The van der Waals surface area contributed by atoms with Gasteiger partial charge in [0.05, 0.1) is 18.8 Å². The van der Waals surface area contributed by atoms with Crippen LogP contribution in [0.4, 0.5) is 0 Å². The van der Waals surface area contributed by atoms with Gasteiger partial charge < -0.3 is 15.2 Å². The minimum atomic E-state index is -0.342. The third kappa shape index (κ3) is 6.24. The van der Waals surface area contributed by atoms with Gasteiger partial charge in [0, 0.05) is 12.6 Å². The summed E-state index contributed by atoms with van der Waals surface area (Å²) in [5, 5.41) is 13.5. The van der Waals surface area contributed by atoms with Crippen LogP contribution in [0.1, 0.15) is 70.6 Å². The Hall–Kier alpha value is -0.120. The van der Waals surface area contributed by atoms with Crippen LogP contribution < -0.4 is 5.32 Å². The van der Waals surface area contributed by atoms with E-state index in [1.807, 2.05) is 0 Å². The molecule has 2 rings (SSSR count). The zero-order chi connectivity index (χ0) is 13.3. The molecule has 0 heterocycles. The molecule has 3 nitrogen and oxygen atoms in total. The van der Waals surface area contributed by atoms with Gasteiger partial charge in [-0.15, -0.1) is 0 Å². The van der Waals surface area contributed by atoms with Crippen molar-refractivity contribution in [2.24, 2.45) is 0 Å². The van der Waals surface area contributed by atoms with Crippen molar-refractivity contribution in [2.75, 3.05) is 13.2 Å². The lowest BCUT2D eigenvalue weighted by molar-refractivity contribution is -0.0153. The van der Waals surface area contributed by atoms with Gasteiger partial charge >= 0.3 is 0 Å². The lowest BCUT2D eigenvalue weighted by Gasteiger charge is -2.25. The van der Waals surface area contributed by atoms with E-state index in [0.717, 1.165) is 0 Å². The van der Waals surface area contributed by atoms with Crippen molar-refractivity contribution in [2.45, 2.75) is 88.9 Å². The topological polar surface area (TPSA) is 41.5 Å². The maximum absolute atomic E-state index is 9.99.